The van der Waals surface area contributed by atoms with Gasteiger partial charge in [0.25, 0.3) is 5.91 Å². The lowest BCUT2D eigenvalue weighted by Crippen LogP contribution is -2.44. The molecule has 2 aromatic rings. The second-order valence-corrected chi connectivity index (χ2v) is 6.96. The Kier molecular flexibility index (Phi) is 5.96. The highest BCUT2D eigenvalue weighted by Gasteiger charge is 2.52. The number of nitrogens with zero attached hydrogens (tertiary/aromatic N) is 1. The van der Waals surface area contributed by atoms with E-state index in [1.165, 1.54) is 31.4 Å². The van der Waals surface area contributed by atoms with Crippen LogP contribution in [0.25, 0.3) is 0 Å². The molecule has 1 saturated heterocycles. The second-order valence-electron chi connectivity index (χ2n) is 6.96. The number of amides is 3. The predicted octanol–water partition coefficient (Wildman–Crippen LogP) is 3.65. The number of carbonyl (C=O) groups is 3. The van der Waals surface area contributed by atoms with Gasteiger partial charge in [0.15, 0.2) is 5.78 Å². The van der Waals surface area contributed by atoms with Crippen molar-refractivity contribution >= 4 is 17.7 Å². The van der Waals surface area contributed by atoms with Crippen molar-refractivity contribution in [3.8, 4) is 5.75 Å². The Balaban J connectivity index is 1.91. The van der Waals surface area contributed by atoms with Crippen LogP contribution in [0.4, 0.5) is 9.18 Å². The summed E-state index contributed by atoms with van der Waals surface area (Å²) in [6.07, 6.45) is 1.85. The van der Waals surface area contributed by atoms with E-state index in [9.17, 15) is 18.8 Å². The standard InChI is InChI=1S/C22H23FN2O4/c1-3-4-13-22(15-9-11-16(23)12-10-15)20(27)25(21(28)24-22)14-18(26)17-7-5-6-8-19(17)29-2/h5-12H,3-4,13-14H2,1-2H3,(H,24,28)/t22-/m1/s1. The summed E-state index contributed by atoms with van der Waals surface area (Å²) in [6.45, 7) is 1.57. The average molecular weight is 398 g/mol. The first-order chi connectivity index (χ1) is 13.9. The molecular weight excluding hydrogens is 375 g/mol. The molecule has 3 amide bonds. The minimum absolute atomic E-state index is 0.295. The fourth-order valence-corrected chi connectivity index (χ4v) is 3.56. The lowest BCUT2D eigenvalue weighted by molar-refractivity contribution is -0.131. The van der Waals surface area contributed by atoms with Crippen molar-refractivity contribution in [3.63, 3.8) is 0 Å². The fraction of sp³-hybridized carbons (Fsp3) is 0.318. The smallest absolute Gasteiger partial charge is 0.325 e. The van der Waals surface area contributed by atoms with Gasteiger partial charge in [0, 0.05) is 0 Å². The molecular formula is C22H23FN2O4. The van der Waals surface area contributed by atoms with E-state index in [-0.39, 0.29) is 0 Å². The van der Waals surface area contributed by atoms with E-state index in [0.29, 0.717) is 29.7 Å². The first-order valence-corrected chi connectivity index (χ1v) is 9.49. The number of Topliss-reactive ketones (excluding diaryl/α,β-unsaturated/α-hetero) is 1. The third-order valence-electron chi connectivity index (χ3n) is 5.13. The molecule has 1 aliphatic rings. The van der Waals surface area contributed by atoms with Gasteiger partial charge in [0.05, 0.1) is 19.2 Å². The van der Waals surface area contributed by atoms with Crippen LogP contribution in [0.3, 0.4) is 0 Å². The highest BCUT2D eigenvalue weighted by atomic mass is 19.1. The Morgan fingerprint density at radius 2 is 1.83 bits per heavy atom. The van der Waals surface area contributed by atoms with E-state index in [4.69, 9.17) is 4.74 Å². The maximum Gasteiger partial charge on any atom is 0.325 e. The average Bonchev–Trinajstić information content (AvgIpc) is 2.97. The third-order valence-corrected chi connectivity index (χ3v) is 5.13. The fourth-order valence-electron chi connectivity index (χ4n) is 3.56. The van der Waals surface area contributed by atoms with Gasteiger partial charge in [-0.15, -0.1) is 0 Å². The van der Waals surface area contributed by atoms with Crippen LogP contribution < -0.4 is 10.1 Å². The van der Waals surface area contributed by atoms with Crippen LogP contribution in [0.1, 0.15) is 42.1 Å². The second kappa shape index (κ2) is 8.43. The SMILES string of the molecule is CCCC[C@]1(c2ccc(F)cc2)NC(=O)N(CC(=O)c2ccccc2OC)C1=O. The monoisotopic (exact) mass is 398 g/mol. The number of methoxy groups -OCH3 is 1. The molecule has 152 valence electrons. The van der Waals surface area contributed by atoms with Gasteiger partial charge in [-0.05, 0) is 36.2 Å². The van der Waals surface area contributed by atoms with Gasteiger partial charge < -0.3 is 10.1 Å². The van der Waals surface area contributed by atoms with Crippen molar-refractivity contribution in [1.29, 1.82) is 0 Å². The highest BCUT2D eigenvalue weighted by Crippen LogP contribution is 2.34. The van der Waals surface area contributed by atoms with Crippen LogP contribution in [0.15, 0.2) is 48.5 Å². The number of unbranched alkanes of at least 4 members (excludes halogenated alkanes) is 1. The summed E-state index contributed by atoms with van der Waals surface area (Å²) in [7, 11) is 1.45. The minimum Gasteiger partial charge on any atom is -0.496 e. The van der Waals surface area contributed by atoms with E-state index < -0.39 is 35.6 Å². The van der Waals surface area contributed by atoms with Gasteiger partial charge in [-0.1, -0.05) is 44.0 Å². The summed E-state index contributed by atoms with van der Waals surface area (Å²) in [5, 5.41) is 2.75. The largest absolute Gasteiger partial charge is 0.496 e. The van der Waals surface area contributed by atoms with E-state index in [1.54, 1.807) is 24.3 Å². The van der Waals surface area contributed by atoms with Crippen molar-refractivity contribution in [1.82, 2.24) is 10.2 Å². The van der Waals surface area contributed by atoms with Crippen molar-refractivity contribution in [2.75, 3.05) is 13.7 Å². The number of benzene rings is 2. The highest BCUT2D eigenvalue weighted by molar-refractivity contribution is 6.11. The molecule has 0 unspecified atom stereocenters. The van der Waals surface area contributed by atoms with Gasteiger partial charge >= 0.3 is 6.03 Å². The summed E-state index contributed by atoms with van der Waals surface area (Å²) in [5.41, 5.74) is -0.511. The van der Waals surface area contributed by atoms with E-state index in [0.717, 1.165) is 11.3 Å². The van der Waals surface area contributed by atoms with Crippen LogP contribution in [0.5, 0.6) is 5.75 Å². The first-order valence-electron chi connectivity index (χ1n) is 9.49. The van der Waals surface area contributed by atoms with Crippen LogP contribution >= 0.6 is 0 Å². The maximum absolute atomic E-state index is 13.4. The predicted molar refractivity (Wildman–Crippen MR) is 105 cm³/mol. The Labute approximate surface area is 168 Å². The molecule has 1 N–H and O–H groups in total. The number of urea groups is 1. The zero-order valence-corrected chi connectivity index (χ0v) is 16.4. The Hall–Kier alpha value is -3.22. The van der Waals surface area contributed by atoms with Crippen LogP contribution in [-0.2, 0) is 10.3 Å². The maximum atomic E-state index is 13.4. The summed E-state index contributed by atoms with van der Waals surface area (Å²) >= 11 is 0. The Bertz CT molecular complexity index is 929. The lowest BCUT2D eigenvalue weighted by atomic mass is 9.84. The Morgan fingerprint density at radius 1 is 1.14 bits per heavy atom. The summed E-state index contributed by atoms with van der Waals surface area (Å²) in [6, 6.07) is 11.5. The molecule has 0 aliphatic carbocycles. The van der Waals surface area contributed by atoms with Crippen molar-refractivity contribution in [3.05, 3.63) is 65.5 Å². The molecule has 0 saturated carbocycles. The number of hydrogen-bond acceptors (Lipinski definition) is 4. The molecule has 1 atom stereocenters. The molecule has 0 radical (unpaired) electrons. The molecule has 7 heteroatoms. The van der Waals surface area contributed by atoms with E-state index in [2.05, 4.69) is 5.32 Å². The van der Waals surface area contributed by atoms with Crippen LogP contribution in [0.2, 0.25) is 0 Å². The molecule has 1 aliphatic heterocycles. The van der Waals surface area contributed by atoms with Crippen molar-refractivity contribution in [2.45, 2.75) is 31.7 Å². The Morgan fingerprint density at radius 3 is 2.48 bits per heavy atom. The molecule has 29 heavy (non-hydrogen) atoms. The lowest BCUT2D eigenvalue weighted by Gasteiger charge is -2.27. The third kappa shape index (κ3) is 3.85. The van der Waals surface area contributed by atoms with Gasteiger partial charge in [0.2, 0.25) is 0 Å². The van der Waals surface area contributed by atoms with E-state index >= 15 is 0 Å². The minimum atomic E-state index is -1.30. The summed E-state index contributed by atoms with van der Waals surface area (Å²) in [5.74, 6) is -0.971. The normalized spacial score (nSPS) is 18.7. The van der Waals surface area contributed by atoms with Gasteiger partial charge in [-0.25, -0.2) is 9.18 Å². The molecule has 0 aromatic heterocycles. The number of imide groups is 1. The summed E-state index contributed by atoms with van der Waals surface area (Å²) < 4.78 is 18.6. The topological polar surface area (TPSA) is 75.7 Å². The number of rotatable bonds is 8. The van der Waals surface area contributed by atoms with Gasteiger partial charge in [0.1, 0.15) is 17.1 Å². The van der Waals surface area contributed by atoms with Crippen LogP contribution in [-0.4, -0.2) is 36.3 Å². The van der Waals surface area contributed by atoms with Gasteiger partial charge in [-0.3, -0.25) is 14.5 Å². The van der Waals surface area contributed by atoms with E-state index in [1.807, 2.05) is 6.92 Å². The van der Waals surface area contributed by atoms with Crippen LogP contribution in [0, 0.1) is 5.82 Å². The number of ketones is 1. The van der Waals surface area contributed by atoms with Gasteiger partial charge in [-0.2, -0.15) is 0 Å². The molecule has 1 fully saturated rings. The number of carbonyl (C=O) groups excluding carboxylic acids is 3. The quantitative estimate of drug-likeness (QED) is 0.544. The molecule has 2 aromatic carbocycles. The van der Waals surface area contributed by atoms with Crippen molar-refractivity contribution < 1.29 is 23.5 Å². The molecule has 0 spiro atoms. The molecule has 0 bridgehead atoms. The first kappa shape index (κ1) is 20.5. The number of nitrogens with one attached hydrogen (secondary N) is 1. The number of ether oxygens (including phenoxy) is 1. The number of para-hydroxylation sites is 1. The molecule has 3 rings (SSSR count). The zero-order chi connectivity index (χ0) is 21.0. The number of halogens is 1. The molecule has 6 nitrogen and oxygen atoms in total. The number of hydrogen-bond donors (Lipinski definition) is 1. The molecule has 1 heterocycles. The van der Waals surface area contributed by atoms with Crippen molar-refractivity contribution in [2.24, 2.45) is 0 Å². The zero-order valence-electron chi connectivity index (χ0n) is 16.4. The summed E-state index contributed by atoms with van der Waals surface area (Å²) in [4.78, 5) is 39.7.